The predicted molar refractivity (Wildman–Crippen MR) is 113 cm³/mol. The number of carbonyl (C=O) groups is 1. The first-order valence-electron chi connectivity index (χ1n) is 9.77. The van der Waals surface area contributed by atoms with Gasteiger partial charge in [0.05, 0.1) is 23.3 Å². The third kappa shape index (κ3) is 4.72. The molecule has 0 bridgehead atoms. The molecule has 0 atom stereocenters. The number of rotatable bonds is 6. The lowest BCUT2D eigenvalue weighted by Gasteiger charge is -2.36. The Labute approximate surface area is 176 Å². The van der Waals surface area contributed by atoms with Crippen molar-refractivity contribution in [3.63, 3.8) is 0 Å². The lowest BCUT2D eigenvalue weighted by molar-refractivity contribution is -0.125. The molecule has 1 aliphatic heterocycles. The van der Waals surface area contributed by atoms with Crippen LogP contribution in [0.15, 0.2) is 42.5 Å². The second-order valence-corrected chi connectivity index (χ2v) is 8.06. The molecule has 1 fully saturated rings. The van der Waals surface area contributed by atoms with E-state index in [9.17, 15) is 10.1 Å². The number of anilines is 1. The second kappa shape index (κ2) is 9.30. The van der Waals surface area contributed by atoms with Crippen molar-refractivity contribution < 1.29 is 14.3 Å². The van der Waals surface area contributed by atoms with E-state index in [4.69, 9.17) is 21.1 Å². The van der Waals surface area contributed by atoms with Crippen LogP contribution in [-0.4, -0.2) is 25.7 Å². The number of nitrogens with one attached hydrogen (secondary N) is 1. The van der Waals surface area contributed by atoms with E-state index in [-0.39, 0.29) is 5.91 Å². The Bertz CT molecular complexity index is 915. The van der Waals surface area contributed by atoms with Gasteiger partial charge in [-0.2, -0.15) is 5.26 Å². The Kier molecular flexibility index (Phi) is 6.79. The van der Waals surface area contributed by atoms with Gasteiger partial charge in [-0.15, -0.1) is 0 Å². The minimum absolute atomic E-state index is 0.179. The zero-order valence-electron chi connectivity index (χ0n) is 16.7. The largest absolute Gasteiger partial charge is 0.493 e. The van der Waals surface area contributed by atoms with E-state index in [1.807, 2.05) is 18.2 Å². The first-order valence-corrected chi connectivity index (χ1v) is 10.2. The number of hydrogen-bond donors (Lipinski definition) is 1. The SMILES string of the molecule is CC(C)COc1ccc(NC(=O)C2(c3ccccc3Cl)CCOCC2)c(C#N)c1. The normalized spacial score (nSPS) is 15.6. The zero-order valence-corrected chi connectivity index (χ0v) is 17.5. The summed E-state index contributed by atoms with van der Waals surface area (Å²) in [6, 6.07) is 14.7. The van der Waals surface area contributed by atoms with Gasteiger partial charge < -0.3 is 14.8 Å². The van der Waals surface area contributed by atoms with Crippen molar-refractivity contribution in [1.82, 2.24) is 0 Å². The Balaban J connectivity index is 1.89. The van der Waals surface area contributed by atoms with Crippen molar-refractivity contribution >= 4 is 23.2 Å². The maximum atomic E-state index is 13.4. The molecular formula is C23H25ClN2O3. The molecule has 29 heavy (non-hydrogen) atoms. The minimum Gasteiger partial charge on any atom is -0.493 e. The average Bonchev–Trinajstić information content (AvgIpc) is 2.73. The number of hydrogen-bond acceptors (Lipinski definition) is 4. The summed E-state index contributed by atoms with van der Waals surface area (Å²) in [5, 5.41) is 13.1. The Morgan fingerprint density at radius 3 is 2.66 bits per heavy atom. The molecule has 1 N–H and O–H groups in total. The van der Waals surface area contributed by atoms with Gasteiger partial charge in [-0.3, -0.25) is 4.79 Å². The average molecular weight is 413 g/mol. The highest BCUT2D eigenvalue weighted by atomic mass is 35.5. The molecule has 2 aromatic carbocycles. The van der Waals surface area contributed by atoms with Crippen LogP contribution in [0.4, 0.5) is 5.69 Å². The number of carbonyl (C=O) groups excluding carboxylic acids is 1. The van der Waals surface area contributed by atoms with E-state index in [1.54, 1.807) is 24.3 Å². The van der Waals surface area contributed by atoms with Crippen LogP contribution in [0, 0.1) is 17.2 Å². The van der Waals surface area contributed by atoms with E-state index in [0.717, 1.165) is 5.56 Å². The number of halogens is 1. The Morgan fingerprint density at radius 2 is 2.00 bits per heavy atom. The smallest absolute Gasteiger partial charge is 0.235 e. The van der Waals surface area contributed by atoms with Gasteiger partial charge in [-0.1, -0.05) is 43.6 Å². The molecule has 0 spiro atoms. The van der Waals surface area contributed by atoms with Crippen LogP contribution in [-0.2, 0) is 14.9 Å². The van der Waals surface area contributed by atoms with Crippen molar-refractivity contribution in [1.29, 1.82) is 5.26 Å². The lowest BCUT2D eigenvalue weighted by Crippen LogP contribution is -2.45. The number of amides is 1. The molecule has 3 rings (SSSR count). The van der Waals surface area contributed by atoms with Gasteiger partial charge in [-0.05, 0) is 48.6 Å². The molecule has 0 radical (unpaired) electrons. The van der Waals surface area contributed by atoms with Crippen molar-refractivity contribution in [3.05, 3.63) is 58.6 Å². The van der Waals surface area contributed by atoms with Crippen LogP contribution in [0.2, 0.25) is 5.02 Å². The lowest BCUT2D eigenvalue weighted by atomic mass is 9.73. The monoisotopic (exact) mass is 412 g/mol. The van der Waals surface area contributed by atoms with Gasteiger partial charge in [-0.25, -0.2) is 0 Å². The summed E-state index contributed by atoms with van der Waals surface area (Å²) < 4.78 is 11.2. The van der Waals surface area contributed by atoms with Crippen LogP contribution in [0.1, 0.15) is 37.8 Å². The van der Waals surface area contributed by atoms with Crippen LogP contribution in [0.25, 0.3) is 0 Å². The third-order valence-electron chi connectivity index (χ3n) is 5.11. The van der Waals surface area contributed by atoms with Crippen molar-refractivity contribution in [3.8, 4) is 11.8 Å². The van der Waals surface area contributed by atoms with Crippen molar-refractivity contribution in [2.75, 3.05) is 25.1 Å². The summed E-state index contributed by atoms with van der Waals surface area (Å²) >= 11 is 6.44. The van der Waals surface area contributed by atoms with Gasteiger partial charge in [0.15, 0.2) is 0 Å². The highest BCUT2D eigenvalue weighted by Crippen LogP contribution is 2.40. The van der Waals surface area contributed by atoms with Crippen LogP contribution >= 0.6 is 11.6 Å². The van der Waals surface area contributed by atoms with Crippen molar-refractivity contribution in [2.45, 2.75) is 32.1 Å². The van der Waals surface area contributed by atoms with E-state index < -0.39 is 5.41 Å². The van der Waals surface area contributed by atoms with E-state index >= 15 is 0 Å². The molecule has 0 saturated carbocycles. The summed E-state index contributed by atoms with van der Waals surface area (Å²) in [6.45, 7) is 5.63. The van der Waals surface area contributed by atoms with Crippen LogP contribution in [0.5, 0.6) is 5.75 Å². The highest BCUT2D eigenvalue weighted by molar-refractivity contribution is 6.31. The van der Waals surface area contributed by atoms with Gasteiger partial charge >= 0.3 is 0 Å². The zero-order chi connectivity index (χ0) is 20.9. The summed E-state index contributed by atoms with van der Waals surface area (Å²) in [5.74, 6) is 0.810. The number of ether oxygens (including phenoxy) is 2. The summed E-state index contributed by atoms with van der Waals surface area (Å²) in [7, 11) is 0. The second-order valence-electron chi connectivity index (χ2n) is 7.65. The van der Waals surface area contributed by atoms with Crippen LogP contribution < -0.4 is 10.1 Å². The molecule has 0 aliphatic carbocycles. The van der Waals surface area contributed by atoms with Gasteiger partial charge in [0.1, 0.15) is 11.8 Å². The number of nitrogens with zero attached hydrogens (tertiary/aromatic N) is 1. The molecule has 0 aromatic heterocycles. The van der Waals surface area contributed by atoms with Crippen molar-refractivity contribution in [2.24, 2.45) is 5.92 Å². The standard InChI is InChI=1S/C23H25ClN2O3/c1-16(2)15-29-18-7-8-21(17(13-18)14-25)26-22(27)23(9-11-28-12-10-23)19-5-3-4-6-20(19)24/h3-8,13,16H,9-12,15H2,1-2H3,(H,26,27). The first-order chi connectivity index (χ1) is 14.0. The molecule has 2 aromatic rings. The van der Waals surface area contributed by atoms with E-state index in [0.29, 0.717) is 60.6 Å². The molecule has 5 nitrogen and oxygen atoms in total. The fraction of sp³-hybridized carbons (Fsp3) is 0.391. The van der Waals surface area contributed by atoms with E-state index in [2.05, 4.69) is 25.2 Å². The summed E-state index contributed by atoms with van der Waals surface area (Å²) in [6.07, 6.45) is 1.06. The number of nitriles is 1. The Hall–Kier alpha value is -2.55. The highest BCUT2D eigenvalue weighted by Gasteiger charge is 2.43. The predicted octanol–water partition coefficient (Wildman–Crippen LogP) is 4.93. The fourth-order valence-electron chi connectivity index (χ4n) is 3.51. The number of benzene rings is 2. The molecule has 1 heterocycles. The summed E-state index contributed by atoms with van der Waals surface area (Å²) in [5.41, 5.74) is 0.821. The summed E-state index contributed by atoms with van der Waals surface area (Å²) in [4.78, 5) is 13.4. The topological polar surface area (TPSA) is 71.3 Å². The van der Waals surface area contributed by atoms with Crippen LogP contribution in [0.3, 0.4) is 0 Å². The van der Waals surface area contributed by atoms with Gasteiger partial charge in [0.2, 0.25) is 5.91 Å². The third-order valence-corrected chi connectivity index (χ3v) is 5.44. The molecule has 6 heteroatoms. The minimum atomic E-state index is -0.796. The molecule has 1 saturated heterocycles. The molecule has 0 unspecified atom stereocenters. The maximum Gasteiger partial charge on any atom is 0.235 e. The molecule has 1 amide bonds. The maximum absolute atomic E-state index is 13.4. The molecule has 152 valence electrons. The Morgan fingerprint density at radius 1 is 1.28 bits per heavy atom. The fourth-order valence-corrected chi connectivity index (χ4v) is 3.82. The first kappa shape index (κ1) is 21.2. The quantitative estimate of drug-likeness (QED) is 0.729. The molecule has 1 aliphatic rings. The molecular weight excluding hydrogens is 388 g/mol. The van der Waals surface area contributed by atoms with Gasteiger partial charge in [0.25, 0.3) is 0 Å². The van der Waals surface area contributed by atoms with E-state index in [1.165, 1.54) is 0 Å². The van der Waals surface area contributed by atoms with Gasteiger partial charge in [0, 0.05) is 18.2 Å².